The number of nitrogens with two attached hydrogens (primary N) is 2. The number of aromatic nitrogens is 4. The maximum atomic E-state index is 5.79. The van der Waals surface area contributed by atoms with Gasteiger partial charge in [-0.05, 0) is 44.0 Å². The fraction of sp³-hybridized carbons (Fsp3) is 0.353. The number of anilines is 2. The molecule has 0 saturated heterocycles. The van der Waals surface area contributed by atoms with E-state index in [-0.39, 0.29) is 0 Å². The second-order valence-corrected chi connectivity index (χ2v) is 5.76. The molecule has 3 aromatic heterocycles. The highest BCUT2D eigenvalue weighted by molar-refractivity contribution is 5.77. The van der Waals surface area contributed by atoms with Gasteiger partial charge in [0.15, 0.2) is 5.65 Å². The van der Waals surface area contributed by atoms with E-state index < -0.39 is 0 Å². The number of hydrogen-bond donors (Lipinski definition) is 2. The maximum Gasteiger partial charge on any atom is 0.160 e. The van der Waals surface area contributed by atoms with Crippen molar-refractivity contribution in [1.82, 2.24) is 19.5 Å². The predicted octanol–water partition coefficient (Wildman–Crippen LogP) is 2.39. The van der Waals surface area contributed by atoms with Gasteiger partial charge in [-0.25, -0.2) is 15.0 Å². The van der Waals surface area contributed by atoms with Gasteiger partial charge in [-0.1, -0.05) is 0 Å². The lowest BCUT2D eigenvalue weighted by atomic mass is 10.1. The van der Waals surface area contributed by atoms with Gasteiger partial charge < -0.3 is 20.8 Å². The Hall–Kier alpha value is -2.67. The van der Waals surface area contributed by atoms with Crippen LogP contribution in [0.1, 0.15) is 18.7 Å². The number of nitrogens with zero attached hydrogens (tertiary/aromatic N) is 4. The summed E-state index contributed by atoms with van der Waals surface area (Å²) >= 11 is 0. The van der Waals surface area contributed by atoms with E-state index in [2.05, 4.69) is 14.5 Å². The number of fused-ring (bicyclic) bond motifs is 1. The van der Waals surface area contributed by atoms with Gasteiger partial charge in [0.1, 0.15) is 23.0 Å². The largest absolute Gasteiger partial charge is 0.385 e. The van der Waals surface area contributed by atoms with Gasteiger partial charge in [0.25, 0.3) is 0 Å². The number of ether oxygens (including phenoxy) is 1. The molecule has 0 aliphatic carbocycles. The molecule has 7 heteroatoms. The Morgan fingerprint density at radius 1 is 1.04 bits per heavy atom. The van der Waals surface area contributed by atoms with Crippen molar-refractivity contribution in [2.45, 2.75) is 26.3 Å². The summed E-state index contributed by atoms with van der Waals surface area (Å²) in [6.45, 7) is 3.63. The monoisotopic (exact) mass is 326 g/mol. The minimum atomic E-state index is 0.385. The van der Waals surface area contributed by atoms with Crippen LogP contribution >= 0.6 is 0 Å². The molecule has 0 saturated carbocycles. The van der Waals surface area contributed by atoms with Crippen molar-refractivity contribution in [2.75, 3.05) is 25.2 Å². The first-order valence-electron chi connectivity index (χ1n) is 7.94. The smallest absolute Gasteiger partial charge is 0.160 e. The molecule has 3 heterocycles. The predicted molar refractivity (Wildman–Crippen MR) is 95.4 cm³/mol. The molecule has 0 amide bonds. The Labute approximate surface area is 140 Å². The zero-order chi connectivity index (χ0) is 17.1. The van der Waals surface area contributed by atoms with E-state index in [0.29, 0.717) is 11.6 Å². The molecule has 4 N–H and O–H groups in total. The van der Waals surface area contributed by atoms with Crippen molar-refractivity contribution in [2.24, 2.45) is 0 Å². The molecule has 24 heavy (non-hydrogen) atoms. The summed E-state index contributed by atoms with van der Waals surface area (Å²) in [4.78, 5) is 13.4. The van der Waals surface area contributed by atoms with Crippen LogP contribution in [0.5, 0.6) is 0 Å². The number of hydrogen-bond acceptors (Lipinski definition) is 6. The lowest BCUT2D eigenvalue weighted by molar-refractivity contribution is 0.191. The second-order valence-electron chi connectivity index (χ2n) is 5.76. The van der Waals surface area contributed by atoms with E-state index in [1.165, 1.54) is 0 Å². The molecule has 3 aromatic rings. The molecule has 126 valence electrons. The van der Waals surface area contributed by atoms with Crippen LogP contribution in [0.2, 0.25) is 0 Å². The molecule has 0 atom stereocenters. The fourth-order valence-corrected chi connectivity index (χ4v) is 2.78. The van der Waals surface area contributed by atoms with Crippen LogP contribution in [0, 0.1) is 6.92 Å². The normalized spacial score (nSPS) is 11.2. The van der Waals surface area contributed by atoms with E-state index in [1.54, 1.807) is 19.2 Å². The summed E-state index contributed by atoms with van der Waals surface area (Å²) in [5.74, 6) is 1.73. The van der Waals surface area contributed by atoms with Crippen LogP contribution in [-0.4, -0.2) is 33.2 Å². The molecular formula is C17H22N6O. The minimum Gasteiger partial charge on any atom is -0.385 e. The van der Waals surface area contributed by atoms with Crippen molar-refractivity contribution >= 4 is 22.8 Å². The Morgan fingerprint density at radius 3 is 2.50 bits per heavy atom. The van der Waals surface area contributed by atoms with E-state index in [1.807, 2.05) is 19.1 Å². The van der Waals surface area contributed by atoms with Crippen molar-refractivity contribution < 1.29 is 4.74 Å². The topological polar surface area (TPSA) is 105 Å². The van der Waals surface area contributed by atoms with Gasteiger partial charge >= 0.3 is 0 Å². The summed E-state index contributed by atoms with van der Waals surface area (Å²) < 4.78 is 7.25. The lowest BCUT2D eigenvalue weighted by Gasteiger charge is -2.08. The molecular weight excluding hydrogens is 304 g/mol. The maximum absolute atomic E-state index is 5.79. The number of pyridine rings is 2. The number of rotatable bonds is 6. The van der Waals surface area contributed by atoms with Crippen molar-refractivity contribution in [3.63, 3.8) is 0 Å². The van der Waals surface area contributed by atoms with E-state index >= 15 is 0 Å². The standard InChI is InChI=1S/C17H22N6O/c1-11-20-14-6-5-13(12-9-15(18)22-16(19)10-12)21-17(14)23(11)7-3-4-8-24-2/h5-6,9-10H,3-4,7-8H2,1-2H3,(H4,18,19,22). The molecule has 0 aliphatic heterocycles. The van der Waals surface area contributed by atoms with E-state index in [4.69, 9.17) is 21.2 Å². The third-order valence-electron chi connectivity index (χ3n) is 3.92. The van der Waals surface area contributed by atoms with Crippen molar-refractivity contribution in [1.29, 1.82) is 0 Å². The number of nitrogen functional groups attached to an aromatic ring is 2. The SMILES string of the molecule is COCCCCn1c(C)nc2ccc(-c3cc(N)nc(N)c3)nc21. The zero-order valence-corrected chi connectivity index (χ0v) is 14.0. The molecule has 0 bridgehead atoms. The van der Waals surface area contributed by atoms with Crippen LogP contribution in [-0.2, 0) is 11.3 Å². The average molecular weight is 326 g/mol. The summed E-state index contributed by atoms with van der Waals surface area (Å²) in [5.41, 5.74) is 15.0. The van der Waals surface area contributed by atoms with Crippen LogP contribution in [0.15, 0.2) is 24.3 Å². The van der Waals surface area contributed by atoms with Crippen LogP contribution in [0.4, 0.5) is 11.6 Å². The number of aryl methyl sites for hydroxylation is 2. The first kappa shape index (κ1) is 16.2. The van der Waals surface area contributed by atoms with Gasteiger partial charge in [-0.3, -0.25) is 0 Å². The molecule has 0 aliphatic rings. The van der Waals surface area contributed by atoms with Crippen LogP contribution in [0.25, 0.3) is 22.4 Å². The minimum absolute atomic E-state index is 0.385. The first-order chi connectivity index (χ1) is 11.6. The average Bonchev–Trinajstić information content (AvgIpc) is 2.85. The van der Waals surface area contributed by atoms with Gasteiger partial charge in [0.2, 0.25) is 0 Å². The highest BCUT2D eigenvalue weighted by Crippen LogP contribution is 2.24. The fourth-order valence-electron chi connectivity index (χ4n) is 2.78. The van der Waals surface area contributed by atoms with Gasteiger partial charge in [-0.15, -0.1) is 0 Å². The quantitative estimate of drug-likeness (QED) is 0.674. The second kappa shape index (κ2) is 6.84. The summed E-state index contributed by atoms with van der Waals surface area (Å²) in [5, 5.41) is 0. The van der Waals surface area contributed by atoms with Crippen LogP contribution < -0.4 is 11.5 Å². The molecule has 0 unspecified atom stereocenters. The van der Waals surface area contributed by atoms with Crippen LogP contribution in [0.3, 0.4) is 0 Å². The number of methoxy groups -OCH3 is 1. The highest BCUT2D eigenvalue weighted by Gasteiger charge is 2.11. The summed E-state index contributed by atoms with van der Waals surface area (Å²) in [7, 11) is 1.72. The lowest BCUT2D eigenvalue weighted by Crippen LogP contribution is -2.03. The molecule has 7 nitrogen and oxygen atoms in total. The zero-order valence-electron chi connectivity index (χ0n) is 14.0. The number of unbranched alkanes of at least 4 members (excludes halogenated alkanes) is 1. The third kappa shape index (κ3) is 3.30. The van der Waals surface area contributed by atoms with Gasteiger partial charge in [0, 0.05) is 25.8 Å². The van der Waals surface area contributed by atoms with Gasteiger partial charge in [-0.2, -0.15) is 0 Å². The molecule has 0 radical (unpaired) electrons. The third-order valence-corrected chi connectivity index (χ3v) is 3.92. The molecule has 0 spiro atoms. The highest BCUT2D eigenvalue weighted by atomic mass is 16.5. The Morgan fingerprint density at radius 2 is 1.79 bits per heavy atom. The van der Waals surface area contributed by atoms with Crippen molar-refractivity contribution in [3.05, 3.63) is 30.1 Å². The van der Waals surface area contributed by atoms with Gasteiger partial charge in [0.05, 0.1) is 5.69 Å². The van der Waals surface area contributed by atoms with E-state index in [0.717, 1.165) is 54.2 Å². The Balaban J connectivity index is 1.97. The molecule has 0 fully saturated rings. The van der Waals surface area contributed by atoms with E-state index in [9.17, 15) is 0 Å². The summed E-state index contributed by atoms with van der Waals surface area (Å²) in [6, 6.07) is 7.45. The first-order valence-corrected chi connectivity index (χ1v) is 7.94. The Kier molecular flexibility index (Phi) is 4.61. The number of imidazole rings is 1. The Bertz CT molecular complexity index is 837. The summed E-state index contributed by atoms with van der Waals surface area (Å²) in [6.07, 6.45) is 2.02. The molecule has 3 rings (SSSR count). The van der Waals surface area contributed by atoms with Crippen molar-refractivity contribution in [3.8, 4) is 11.3 Å². The molecule has 0 aromatic carbocycles.